The van der Waals surface area contributed by atoms with E-state index in [1.165, 1.54) is 0 Å². The molecule has 9 nitrogen and oxygen atoms in total. The number of aromatic nitrogens is 1. The molecule has 4 rings (SSSR count). The molecule has 0 aliphatic carbocycles. The number of hydrogen-bond acceptors (Lipinski definition) is 4. The van der Waals surface area contributed by atoms with Crippen LogP contribution in [0.25, 0.3) is 10.9 Å². The van der Waals surface area contributed by atoms with Crippen LogP contribution in [0, 0.1) is 0 Å². The molecule has 0 saturated carbocycles. The number of aryl methyl sites for hydroxylation is 1. The van der Waals surface area contributed by atoms with Crippen LogP contribution in [-0.4, -0.2) is 58.7 Å². The Morgan fingerprint density at radius 1 is 0.921 bits per heavy atom. The van der Waals surface area contributed by atoms with E-state index in [0.29, 0.717) is 26.1 Å². The van der Waals surface area contributed by atoms with Crippen molar-refractivity contribution < 1.29 is 19.2 Å². The Balaban J connectivity index is 1.34. The van der Waals surface area contributed by atoms with Gasteiger partial charge in [-0.1, -0.05) is 48.5 Å². The first-order valence-electron chi connectivity index (χ1n) is 13.1. The highest BCUT2D eigenvalue weighted by Crippen LogP contribution is 2.16. The van der Waals surface area contributed by atoms with Crippen LogP contribution in [0.15, 0.2) is 60.8 Å². The molecule has 4 amide bonds. The van der Waals surface area contributed by atoms with E-state index in [1.807, 2.05) is 60.8 Å². The van der Waals surface area contributed by atoms with Crippen LogP contribution in [0.5, 0.6) is 0 Å². The molecule has 0 radical (unpaired) electrons. The third-order valence-corrected chi connectivity index (χ3v) is 6.85. The minimum atomic E-state index is -1.06. The quantitative estimate of drug-likeness (QED) is 0.312. The normalized spacial score (nSPS) is 14.6. The Bertz CT molecular complexity index is 1270. The smallest absolute Gasteiger partial charge is 0.243 e. The van der Waals surface area contributed by atoms with Gasteiger partial charge in [-0.05, 0) is 48.8 Å². The highest BCUT2D eigenvalue weighted by Gasteiger charge is 2.29. The number of nitrogens with zero attached hydrogens (tertiary/aromatic N) is 1. The van der Waals surface area contributed by atoms with Crippen molar-refractivity contribution in [1.29, 1.82) is 0 Å². The number of hydrogen-bond donors (Lipinski definition) is 4. The Kier molecular flexibility index (Phi) is 9.13. The summed E-state index contributed by atoms with van der Waals surface area (Å²) < 4.78 is 0. The highest BCUT2D eigenvalue weighted by atomic mass is 16.2. The van der Waals surface area contributed by atoms with Crippen molar-refractivity contribution in [3.05, 3.63) is 71.9 Å². The molecular weight excluding hydrogens is 482 g/mol. The summed E-state index contributed by atoms with van der Waals surface area (Å²) in [4.78, 5) is 56.3. The molecule has 200 valence electrons. The molecule has 2 atom stereocenters. The molecule has 0 spiro atoms. The van der Waals surface area contributed by atoms with Gasteiger partial charge in [0.1, 0.15) is 12.1 Å². The zero-order valence-corrected chi connectivity index (χ0v) is 21.7. The van der Waals surface area contributed by atoms with Gasteiger partial charge in [-0.2, -0.15) is 0 Å². The molecule has 2 heterocycles. The summed E-state index contributed by atoms with van der Waals surface area (Å²) in [5.74, 6) is -1.41. The first kappa shape index (κ1) is 26.9. The lowest BCUT2D eigenvalue weighted by molar-refractivity contribution is -0.136. The number of H-pyrrole nitrogens is 1. The van der Waals surface area contributed by atoms with Crippen LogP contribution in [0.3, 0.4) is 0 Å². The Hall–Kier alpha value is -4.14. The van der Waals surface area contributed by atoms with Gasteiger partial charge in [0, 0.05) is 32.3 Å². The molecule has 4 N–H and O–H groups in total. The van der Waals surface area contributed by atoms with Crippen molar-refractivity contribution in [3.8, 4) is 0 Å². The second-order valence-corrected chi connectivity index (χ2v) is 9.70. The molecule has 0 bridgehead atoms. The third-order valence-electron chi connectivity index (χ3n) is 6.85. The minimum Gasteiger partial charge on any atom is -0.361 e. The molecule has 38 heavy (non-hydrogen) atoms. The van der Waals surface area contributed by atoms with Gasteiger partial charge in [-0.15, -0.1) is 0 Å². The molecule has 2 unspecified atom stereocenters. The molecule has 2 aromatic carbocycles. The Labute approximate surface area is 222 Å². The molecule has 1 aromatic heterocycles. The van der Waals surface area contributed by atoms with E-state index in [4.69, 9.17) is 0 Å². The third kappa shape index (κ3) is 7.21. The summed E-state index contributed by atoms with van der Waals surface area (Å²) in [7, 11) is 0. The van der Waals surface area contributed by atoms with E-state index in [-0.39, 0.29) is 30.6 Å². The number of rotatable bonds is 11. The van der Waals surface area contributed by atoms with Crippen LogP contribution in [-0.2, 0) is 32.1 Å². The fourth-order valence-corrected chi connectivity index (χ4v) is 4.66. The van der Waals surface area contributed by atoms with Crippen molar-refractivity contribution in [2.75, 3.05) is 13.1 Å². The number of nitrogens with one attached hydrogen (secondary N) is 4. The van der Waals surface area contributed by atoms with E-state index in [0.717, 1.165) is 34.9 Å². The monoisotopic (exact) mass is 517 g/mol. The Morgan fingerprint density at radius 3 is 2.45 bits per heavy atom. The number of fused-ring (bicyclic) bond motifs is 1. The van der Waals surface area contributed by atoms with Crippen LogP contribution in [0.4, 0.5) is 0 Å². The first-order valence-corrected chi connectivity index (χ1v) is 13.1. The average molecular weight is 518 g/mol. The van der Waals surface area contributed by atoms with Gasteiger partial charge < -0.3 is 25.8 Å². The molecule has 3 aromatic rings. The van der Waals surface area contributed by atoms with Crippen LogP contribution in [0.1, 0.15) is 43.7 Å². The van der Waals surface area contributed by atoms with Crippen molar-refractivity contribution >= 4 is 34.5 Å². The lowest BCUT2D eigenvalue weighted by Gasteiger charge is -2.23. The van der Waals surface area contributed by atoms with Crippen molar-refractivity contribution in [2.24, 2.45) is 0 Å². The zero-order chi connectivity index (χ0) is 26.9. The minimum absolute atomic E-state index is 0.147. The topological polar surface area (TPSA) is 123 Å². The zero-order valence-electron chi connectivity index (χ0n) is 21.7. The fourth-order valence-electron chi connectivity index (χ4n) is 4.66. The van der Waals surface area contributed by atoms with Gasteiger partial charge >= 0.3 is 0 Å². The fraction of sp³-hybridized carbons (Fsp3) is 0.379. The Morgan fingerprint density at radius 2 is 1.68 bits per heavy atom. The standard InChI is InChI=1S/C29H35N5O4/c1-20(28(37)31-19-23-11-7-10-22-14-15-30-27(22)23)32-29(38)24(18-26(36)34-16-5-6-17-34)33-25(35)13-12-21-8-3-2-4-9-21/h2-4,7-11,14-15,20,24,30H,5-6,12-13,16-19H2,1H3,(H,31,37)(H,32,38)(H,33,35). The molecular formula is C29H35N5O4. The van der Waals surface area contributed by atoms with Crippen LogP contribution in [0.2, 0.25) is 0 Å². The summed E-state index contributed by atoms with van der Waals surface area (Å²) in [6.07, 6.45) is 4.26. The van der Waals surface area contributed by atoms with Gasteiger partial charge in [0.25, 0.3) is 0 Å². The van der Waals surface area contributed by atoms with Gasteiger partial charge in [0.15, 0.2) is 0 Å². The SMILES string of the molecule is CC(NC(=O)C(CC(=O)N1CCCC1)NC(=O)CCc1ccccc1)C(=O)NCc1cccc2cc[nH]c12. The van der Waals surface area contributed by atoms with E-state index in [2.05, 4.69) is 20.9 Å². The summed E-state index contributed by atoms with van der Waals surface area (Å²) in [6, 6.07) is 15.5. The lowest BCUT2D eigenvalue weighted by atomic mass is 10.1. The second-order valence-electron chi connectivity index (χ2n) is 9.70. The molecule has 1 aliphatic heterocycles. The molecule has 9 heteroatoms. The van der Waals surface area contributed by atoms with E-state index < -0.39 is 18.0 Å². The first-order chi connectivity index (χ1) is 18.4. The van der Waals surface area contributed by atoms with Crippen LogP contribution >= 0.6 is 0 Å². The number of aromatic amines is 1. The van der Waals surface area contributed by atoms with Crippen molar-refractivity contribution in [3.63, 3.8) is 0 Å². The number of benzene rings is 2. The number of likely N-dealkylation sites (tertiary alicyclic amines) is 1. The average Bonchev–Trinajstić information content (AvgIpc) is 3.63. The van der Waals surface area contributed by atoms with Gasteiger partial charge in [0.05, 0.1) is 11.9 Å². The highest BCUT2D eigenvalue weighted by molar-refractivity contribution is 5.95. The van der Waals surface area contributed by atoms with Crippen LogP contribution < -0.4 is 16.0 Å². The summed E-state index contributed by atoms with van der Waals surface area (Å²) >= 11 is 0. The van der Waals surface area contributed by atoms with Gasteiger partial charge in [0.2, 0.25) is 23.6 Å². The maximum absolute atomic E-state index is 13.2. The second kappa shape index (κ2) is 12.9. The summed E-state index contributed by atoms with van der Waals surface area (Å²) in [5.41, 5.74) is 2.89. The predicted octanol–water partition coefficient (Wildman–Crippen LogP) is 2.42. The number of amides is 4. The number of carbonyl (C=O) groups is 4. The maximum Gasteiger partial charge on any atom is 0.243 e. The molecule has 1 saturated heterocycles. The van der Waals surface area contributed by atoms with Gasteiger partial charge in [-0.25, -0.2) is 0 Å². The van der Waals surface area contributed by atoms with Crippen molar-refractivity contribution in [2.45, 2.75) is 57.7 Å². The lowest BCUT2D eigenvalue weighted by Crippen LogP contribution is -2.54. The molecule has 1 fully saturated rings. The summed E-state index contributed by atoms with van der Waals surface area (Å²) in [5, 5.41) is 9.31. The van der Waals surface area contributed by atoms with Gasteiger partial charge in [-0.3, -0.25) is 19.2 Å². The van der Waals surface area contributed by atoms with E-state index in [1.54, 1.807) is 11.8 Å². The molecule has 1 aliphatic rings. The van der Waals surface area contributed by atoms with Crippen molar-refractivity contribution in [1.82, 2.24) is 25.8 Å². The number of para-hydroxylation sites is 1. The van der Waals surface area contributed by atoms with E-state index >= 15 is 0 Å². The summed E-state index contributed by atoms with van der Waals surface area (Å²) in [6.45, 7) is 3.19. The van der Waals surface area contributed by atoms with E-state index in [9.17, 15) is 19.2 Å². The predicted molar refractivity (Wildman–Crippen MR) is 145 cm³/mol. The largest absolute Gasteiger partial charge is 0.361 e. The number of carbonyl (C=O) groups excluding carboxylic acids is 4. The maximum atomic E-state index is 13.2.